The second-order valence-corrected chi connectivity index (χ2v) is 36.6. The second kappa shape index (κ2) is 66.9. The summed E-state index contributed by atoms with van der Waals surface area (Å²) in [5.41, 5.74) is 7.58. The van der Waals surface area contributed by atoms with E-state index in [0.717, 1.165) is 83.7 Å². The van der Waals surface area contributed by atoms with Crippen LogP contribution in [0.3, 0.4) is 0 Å². The minimum absolute atomic E-state index is 0. The average Bonchev–Trinajstić information content (AvgIpc) is 0.887. The van der Waals surface area contributed by atoms with Crippen molar-refractivity contribution in [3.63, 3.8) is 0 Å². The van der Waals surface area contributed by atoms with Crippen LogP contribution in [0.25, 0.3) is 0 Å². The molecule has 5 saturated carbocycles. The van der Waals surface area contributed by atoms with Crippen LogP contribution in [0.1, 0.15) is 445 Å². The summed E-state index contributed by atoms with van der Waals surface area (Å²) in [5.74, 6) is 8.99. The summed E-state index contributed by atoms with van der Waals surface area (Å²) < 4.78 is 0. The predicted molar refractivity (Wildman–Crippen MR) is 487 cm³/mol. The van der Waals surface area contributed by atoms with Gasteiger partial charge in [-0.05, 0) is 276 Å². The monoisotopic (exact) mass is 1620 g/mol. The zero-order chi connectivity index (χ0) is 74.6. The third-order valence-electron chi connectivity index (χ3n) is 25.8. The van der Waals surface area contributed by atoms with Crippen molar-refractivity contribution in [2.75, 3.05) is 0 Å². The van der Waals surface area contributed by atoms with Crippen molar-refractivity contribution in [1.82, 2.24) is 0 Å². The summed E-state index contributed by atoms with van der Waals surface area (Å²) in [5, 5.41) is 0. The maximum absolute atomic E-state index is 5.18. The molecule has 110 heavy (non-hydrogen) atoms. The summed E-state index contributed by atoms with van der Waals surface area (Å²) in [6.07, 6.45) is 78.7. The zero-order valence-electron chi connectivity index (χ0n) is 70.3. The van der Waals surface area contributed by atoms with Gasteiger partial charge in [0.1, 0.15) is 0 Å². The highest BCUT2D eigenvalue weighted by atomic mass is 32.1. The number of halogens is 5. The van der Waals surface area contributed by atoms with Crippen molar-refractivity contribution >= 4 is 63.1 Å². The van der Waals surface area contributed by atoms with Gasteiger partial charge in [-0.25, -0.2) is 0 Å². The van der Waals surface area contributed by atoms with Gasteiger partial charge in [-0.2, -0.15) is 0 Å². The highest BCUT2D eigenvalue weighted by molar-refractivity contribution is 7.81. The lowest BCUT2D eigenvalue weighted by Crippen LogP contribution is -2.13. The Morgan fingerprint density at radius 1 is 0.173 bits per heavy atom. The van der Waals surface area contributed by atoms with E-state index in [2.05, 4.69) is 156 Å². The molecule has 5 aromatic carbocycles. The average molecular weight is 1620 g/mol. The van der Waals surface area contributed by atoms with Crippen LogP contribution in [-0.4, -0.2) is 0 Å². The van der Waals surface area contributed by atoms with E-state index in [1.54, 1.807) is 0 Å². The molecule has 0 atom stereocenters. The van der Waals surface area contributed by atoms with Crippen LogP contribution in [0.15, 0.2) is 146 Å². The van der Waals surface area contributed by atoms with Gasteiger partial charge in [0, 0.05) is 24.5 Å². The first-order valence-corrected chi connectivity index (χ1v) is 47.4. The van der Waals surface area contributed by atoms with Crippen molar-refractivity contribution < 1.29 is 23.5 Å². The molecule has 625 valence electrons. The Labute approximate surface area is 702 Å². The Bertz CT molecular complexity index is 2350. The van der Waals surface area contributed by atoms with Crippen LogP contribution in [-0.2, 0) is 0 Å². The number of hydrogen-bond acceptors (Lipinski definition) is 0. The van der Waals surface area contributed by atoms with Crippen LogP contribution in [0.5, 0.6) is 0 Å². The third-order valence-corrected chi connectivity index (χ3v) is 27.2. The van der Waals surface area contributed by atoms with E-state index in [9.17, 15) is 0 Å². The first-order valence-electron chi connectivity index (χ1n) is 45.3. The fraction of sp³-hybridized carbons (Fsp3) is 0.700. The molecule has 0 aliphatic heterocycles. The SMILES string of the molecule is CCCCCCCC[C@H]1CC[C@H](c2ccc([S])cc2)CC1.CCCCCCCC[C@H]1CC[C@H](c2ccc([S])cc2)CC1.CCCCCCCC[C@H]1CC[C@H](c2ccc([S])cc2)CC1.CCCCCCCC[C@H]1CC[C@H](c2ccc([S])cc2)CC1.CCCCCCCC[C@H]1CC[C@H](c2ccc([S])cc2)CC1.F.F.F.F.F. The van der Waals surface area contributed by atoms with Crippen molar-refractivity contribution in [3.05, 3.63) is 149 Å². The predicted octanol–water partition coefficient (Wildman–Crippen LogP) is 37.1. The van der Waals surface area contributed by atoms with Gasteiger partial charge in [0.25, 0.3) is 0 Å². The highest BCUT2D eigenvalue weighted by Crippen LogP contribution is 2.43. The number of hydrogen-bond donors (Lipinski definition) is 0. The molecular weight excluding hydrogens is 1460 g/mol. The molecule has 0 spiro atoms. The van der Waals surface area contributed by atoms with Crippen molar-refractivity contribution in [2.24, 2.45) is 29.6 Å². The lowest BCUT2D eigenvalue weighted by Gasteiger charge is -2.29. The summed E-state index contributed by atoms with van der Waals surface area (Å²) in [7, 11) is 0. The van der Waals surface area contributed by atoms with Crippen LogP contribution in [0, 0.1) is 29.6 Å². The summed E-state index contributed by atoms with van der Waals surface area (Å²) in [6, 6.07) is 43.4. The van der Waals surface area contributed by atoms with Gasteiger partial charge in [-0.3, -0.25) is 23.5 Å². The molecule has 0 amide bonds. The molecule has 0 saturated heterocycles. The van der Waals surface area contributed by atoms with E-state index in [1.807, 2.05) is 0 Å². The van der Waals surface area contributed by atoms with E-state index in [4.69, 9.17) is 63.1 Å². The van der Waals surface area contributed by atoms with Gasteiger partial charge >= 0.3 is 0 Å². The maximum Gasteiger partial charge on any atom is 0.0377 e. The smallest absolute Gasteiger partial charge is 0.0377 e. The highest BCUT2D eigenvalue weighted by Gasteiger charge is 2.27. The van der Waals surface area contributed by atoms with Gasteiger partial charge in [-0.1, -0.05) is 383 Å². The normalized spacial score (nSPS) is 21.3. The van der Waals surface area contributed by atoms with Crippen LogP contribution in [0.4, 0.5) is 23.5 Å². The van der Waals surface area contributed by atoms with Crippen LogP contribution >= 0.6 is 63.1 Å². The molecule has 0 bridgehead atoms. The van der Waals surface area contributed by atoms with Gasteiger partial charge < -0.3 is 0 Å². The van der Waals surface area contributed by atoms with Crippen molar-refractivity contribution in [1.29, 1.82) is 0 Å². The molecule has 0 unspecified atom stereocenters. The number of benzene rings is 5. The topological polar surface area (TPSA) is 0 Å². The Morgan fingerprint density at radius 3 is 0.418 bits per heavy atom. The molecule has 0 heterocycles. The zero-order valence-corrected chi connectivity index (χ0v) is 74.4. The number of rotatable bonds is 40. The van der Waals surface area contributed by atoms with Gasteiger partial charge in [0.2, 0.25) is 0 Å². The molecule has 10 rings (SSSR count). The van der Waals surface area contributed by atoms with E-state index < -0.39 is 0 Å². The van der Waals surface area contributed by atoms with Gasteiger partial charge in [-0.15, -0.1) is 0 Å². The molecule has 5 fully saturated rings. The lowest BCUT2D eigenvalue weighted by atomic mass is 9.77. The first kappa shape index (κ1) is 105. The molecule has 5 radical (unpaired) electrons. The van der Waals surface area contributed by atoms with E-state index >= 15 is 0 Å². The largest absolute Gasteiger partial charge is 0.269 e. The minimum Gasteiger partial charge on any atom is -0.269 e. The first-order chi connectivity index (χ1) is 51.5. The lowest BCUT2D eigenvalue weighted by molar-refractivity contribution is 0.302. The fourth-order valence-electron chi connectivity index (χ4n) is 18.7. The van der Waals surface area contributed by atoms with Crippen molar-refractivity contribution in [3.8, 4) is 0 Å². The molecule has 0 N–H and O–H groups in total. The quantitative estimate of drug-likeness (QED) is 0.0271. The van der Waals surface area contributed by atoms with E-state index in [-0.39, 0.29) is 23.5 Å². The van der Waals surface area contributed by atoms with E-state index in [0.29, 0.717) is 0 Å². The number of unbranched alkanes of at least 4 members (excludes halogenated alkanes) is 25. The van der Waals surface area contributed by atoms with Crippen LogP contribution < -0.4 is 0 Å². The third kappa shape index (κ3) is 46.0. The molecule has 5 aliphatic rings. The Kier molecular flexibility index (Phi) is 63.8. The molecule has 0 aromatic heterocycles. The maximum atomic E-state index is 5.18. The van der Waals surface area contributed by atoms with Gasteiger partial charge in [0.15, 0.2) is 0 Å². The summed E-state index contributed by atoms with van der Waals surface area (Å²) >= 11 is 25.9. The molecule has 5 aliphatic carbocycles. The van der Waals surface area contributed by atoms with Gasteiger partial charge in [0.05, 0.1) is 0 Å². The molecule has 5 aromatic rings. The summed E-state index contributed by atoms with van der Waals surface area (Å²) in [4.78, 5) is 4.84. The Balaban J connectivity index is 0.000000680. The second-order valence-electron chi connectivity index (χ2n) is 34.2. The standard InChI is InChI=1S/5C20H31S.5FH/c5*1-2-3-4-5-6-7-8-17-9-11-18(12-10-17)19-13-15-20(21)16-14-19;;;;;/h5*13-18H,2-12H2,1H3;5*1H/t5*17-,18-;;;;;. The van der Waals surface area contributed by atoms with Crippen molar-refractivity contribution in [2.45, 2.75) is 442 Å². The molecule has 10 heteroatoms. The molecule has 0 nitrogen and oxygen atoms in total. The fourth-order valence-corrected chi connectivity index (χ4v) is 19.4. The minimum atomic E-state index is 0. The Morgan fingerprint density at radius 2 is 0.291 bits per heavy atom. The Hall–Kier alpha value is -3.15. The summed E-state index contributed by atoms with van der Waals surface area (Å²) in [6.45, 7) is 11.5. The molecular formula is C100H160F5S5. The van der Waals surface area contributed by atoms with E-state index in [1.165, 1.54) is 381 Å². The van der Waals surface area contributed by atoms with Crippen LogP contribution in [0.2, 0.25) is 0 Å².